The van der Waals surface area contributed by atoms with E-state index < -0.39 is 34.1 Å². The number of halogens is 4. The maximum Gasteiger partial charge on any atom is 0.426 e. The topological polar surface area (TPSA) is 57.6 Å². The molecule has 1 aliphatic heterocycles. The highest BCUT2D eigenvalue weighted by atomic mass is 19.4. The Labute approximate surface area is 238 Å². The van der Waals surface area contributed by atoms with Crippen LogP contribution < -0.4 is 0 Å². The lowest BCUT2D eigenvalue weighted by Crippen LogP contribution is -2.56. The van der Waals surface area contributed by atoms with Crippen LogP contribution in [-0.4, -0.2) is 40.6 Å². The van der Waals surface area contributed by atoms with E-state index in [0.29, 0.717) is 71.3 Å². The van der Waals surface area contributed by atoms with Gasteiger partial charge in [-0.1, -0.05) is 48.5 Å². The monoisotopic (exact) mass is 571 g/mol. The fraction of sp³-hybridized carbons (Fsp3) is 0.576. The number of benzene rings is 2. The summed E-state index contributed by atoms with van der Waals surface area (Å²) in [6.07, 6.45) is 1.61. The number of amides is 1. The van der Waals surface area contributed by atoms with Crippen LogP contribution in [0, 0.1) is 10.8 Å². The number of aliphatic carboxylic acids is 1. The lowest BCUT2D eigenvalue weighted by Gasteiger charge is -2.52. The SMILES string of the molecule is CC(F)(c1ccc2c(c1)CCC1N(C(=O)C34CCC(C(=O)O)(CC3)CC4)CCC21CCc1ccccc1)C(F)(F)F. The fourth-order valence-electron chi connectivity index (χ4n) is 8.53. The highest BCUT2D eigenvalue weighted by molar-refractivity contribution is 5.85. The molecular formula is C33H37F4NO3. The molecule has 7 rings (SSSR count). The zero-order valence-electron chi connectivity index (χ0n) is 23.4. The Hall–Kier alpha value is -2.90. The number of likely N-dealkylation sites (tertiary alicyclic amines) is 1. The number of hydrogen-bond donors (Lipinski definition) is 1. The summed E-state index contributed by atoms with van der Waals surface area (Å²) in [5.41, 5.74) is -2.64. The molecule has 1 N–H and O–H groups in total. The van der Waals surface area contributed by atoms with Crippen molar-refractivity contribution in [3.63, 3.8) is 0 Å². The van der Waals surface area contributed by atoms with Gasteiger partial charge < -0.3 is 10.0 Å². The molecule has 0 radical (unpaired) electrons. The van der Waals surface area contributed by atoms with Gasteiger partial charge in [0.2, 0.25) is 11.6 Å². The Balaban J connectivity index is 1.34. The summed E-state index contributed by atoms with van der Waals surface area (Å²) in [5.74, 6) is -0.631. The third-order valence-corrected chi connectivity index (χ3v) is 11.3. The van der Waals surface area contributed by atoms with Gasteiger partial charge in [-0.05, 0) is 99.8 Å². The quantitative estimate of drug-likeness (QED) is 0.371. The van der Waals surface area contributed by atoms with Gasteiger partial charge in [0.1, 0.15) is 0 Å². The van der Waals surface area contributed by atoms with E-state index in [4.69, 9.17) is 0 Å². The van der Waals surface area contributed by atoms with Crippen molar-refractivity contribution in [2.24, 2.45) is 10.8 Å². The number of carbonyl (C=O) groups is 2. The van der Waals surface area contributed by atoms with Crippen molar-refractivity contribution in [1.82, 2.24) is 4.90 Å². The highest BCUT2D eigenvalue weighted by Gasteiger charge is 2.60. The zero-order valence-corrected chi connectivity index (χ0v) is 23.4. The third kappa shape index (κ3) is 4.30. The molecule has 8 heteroatoms. The molecule has 2 aromatic rings. The maximum atomic E-state index is 15.0. The molecule has 41 heavy (non-hydrogen) atoms. The summed E-state index contributed by atoms with van der Waals surface area (Å²) >= 11 is 0. The van der Waals surface area contributed by atoms with E-state index in [2.05, 4.69) is 12.1 Å². The Kier molecular flexibility index (Phi) is 6.59. The van der Waals surface area contributed by atoms with Crippen LogP contribution >= 0.6 is 0 Å². The summed E-state index contributed by atoms with van der Waals surface area (Å²) in [4.78, 5) is 28.3. The van der Waals surface area contributed by atoms with E-state index in [1.807, 2.05) is 23.1 Å². The second kappa shape index (κ2) is 9.56. The first-order valence-electron chi connectivity index (χ1n) is 14.8. The first kappa shape index (κ1) is 28.2. The molecule has 1 amide bonds. The van der Waals surface area contributed by atoms with Crippen LogP contribution in [0.1, 0.15) is 87.0 Å². The predicted molar refractivity (Wildman–Crippen MR) is 146 cm³/mol. The Morgan fingerprint density at radius 3 is 2.17 bits per heavy atom. The van der Waals surface area contributed by atoms with E-state index in [-0.39, 0.29) is 17.5 Å². The minimum Gasteiger partial charge on any atom is -0.481 e. The second-order valence-electron chi connectivity index (χ2n) is 13.2. The number of nitrogens with zero attached hydrogens (tertiary/aromatic N) is 1. The lowest BCUT2D eigenvalue weighted by atomic mass is 9.53. The van der Waals surface area contributed by atoms with Gasteiger partial charge in [-0.3, -0.25) is 9.59 Å². The molecule has 3 saturated carbocycles. The third-order valence-electron chi connectivity index (χ3n) is 11.3. The summed E-state index contributed by atoms with van der Waals surface area (Å²) in [5, 5.41) is 9.81. The van der Waals surface area contributed by atoms with E-state index in [1.165, 1.54) is 12.1 Å². The first-order chi connectivity index (χ1) is 19.3. The van der Waals surface area contributed by atoms with Crippen molar-refractivity contribution < 1.29 is 32.3 Å². The van der Waals surface area contributed by atoms with Crippen LogP contribution in [0.5, 0.6) is 0 Å². The Bertz CT molecular complexity index is 1330. The largest absolute Gasteiger partial charge is 0.481 e. The summed E-state index contributed by atoms with van der Waals surface area (Å²) < 4.78 is 55.6. The molecule has 220 valence electrons. The molecule has 4 aliphatic carbocycles. The minimum atomic E-state index is -5.02. The molecule has 3 atom stereocenters. The van der Waals surface area contributed by atoms with Crippen molar-refractivity contribution in [3.8, 4) is 0 Å². The number of aryl methyl sites for hydroxylation is 2. The van der Waals surface area contributed by atoms with Crippen molar-refractivity contribution in [3.05, 3.63) is 70.8 Å². The number of rotatable bonds is 6. The Morgan fingerprint density at radius 1 is 0.927 bits per heavy atom. The smallest absolute Gasteiger partial charge is 0.426 e. The van der Waals surface area contributed by atoms with Crippen LogP contribution in [0.3, 0.4) is 0 Å². The van der Waals surface area contributed by atoms with Gasteiger partial charge in [-0.15, -0.1) is 0 Å². The van der Waals surface area contributed by atoms with E-state index >= 15 is 0 Å². The van der Waals surface area contributed by atoms with Gasteiger partial charge in [-0.2, -0.15) is 13.2 Å². The van der Waals surface area contributed by atoms with E-state index in [0.717, 1.165) is 29.5 Å². The maximum absolute atomic E-state index is 15.0. The molecular weight excluding hydrogens is 534 g/mol. The van der Waals surface area contributed by atoms with Gasteiger partial charge >= 0.3 is 12.1 Å². The highest BCUT2D eigenvalue weighted by Crippen LogP contribution is 2.59. The normalized spacial score (nSPS) is 32.2. The second-order valence-corrected chi connectivity index (χ2v) is 13.2. The summed E-state index contributed by atoms with van der Waals surface area (Å²) in [6, 6.07) is 14.3. The Morgan fingerprint density at radius 2 is 1.56 bits per heavy atom. The number of hydrogen-bond acceptors (Lipinski definition) is 2. The van der Waals surface area contributed by atoms with Crippen molar-refractivity contribution in [1.29, 1.82) is 0 Å². The molecule has 2 bridgehead atoms. The lowest BCUT2D eigenvalue weighted by molar-refractivity contribution is -0.228. The first-order valence-corrected chi connectivity index (χ1v) is 14.8. The standard InChI is InChI=1S/C33H37F4NO3/c1-29(34,33(35,36)37)24-8-9-25-23(21-24)7-10-26-32(25,12-11-22-5-3-2-4-6-22)19-20-38(26)27(39)30-13-16-31(17-14-30,18-15-30)28(40)41/h2-6,8-9,21,26H,7,10-20H2,1H3,(H,40,41). The predicted octanol–water partition coefficient (Wildman–Crippen LogP) is 7.28. The minimum absolute atomic E-state index is 0.0982. The molecule has 1 saturated heterocycles. The number of carboxylic acid groups (broad SMARTS) is 1. The molecule has 5 aliphatic rings. The number of carboxylic acids is 1. The van der Waals surface area contributed by atoms with Gasteiger partial charge in [0, 0.05) is 23.4 Å². The fourth-order valence-corrected chi connectivity index (χ4v) is 8.53. The van der Waals surface area contributed by atoms with Gasteiger partial charge in [0.25, 0.3) is 0 Å². The zero-order chi connectivity index (χ0) is 29.3. The van der Waals surface area contributed by atoms with Gasteiger partial charge in [0.05, 0.1) is 5.41 Å². The van der Waals surface area contributed by atoms with Crippen molar-refractivity contribution >= 4 is 11.9 Å². The number of alkyl halides is 4. The summed E-state index contributed by atoms with van der Waals surface area (Å²) in [7, 11) is 0. The van der Waals surface area contributed by atoms with Crippen LogP contribution in [0.15, 0.2) is 48.5 Å². The average Bonchev–Trinajstić information content (AvgIpc) is 3.36. The molecule has 4 nitrogen and oxygen atoms in total. The van der Waals surface area contributed by atoms with Gasteiger partial charge in [-0.25, -0.2) is 4.39 Å². The molecule has 3 unspecified atom stereocenters. The molecule has 4 fully saturated rings. The summed E-state index contributed by atoms with van der Waals surface area (Å²) in [6.45, 7) is 1.14. The molecule has 0 aromatic heterocycles. The van der Waals surface area contributed by atoms with Gasteiger partial charge in [0.15, 0.2) is 0 Å². The van der Waals surface area contributed by atoms with E-state index in [1.54, 1.807) is 6.07 Å². The average molecular weight is 572 g/mol. The number of fused-ring (bicyclic) bond motifs is 6. The molecule has 2 aromatic carbocycles. The number of carbonyl (C=O) groups excluding carboxylic acids is 1. The molecule has 0 spiro atoms. The van der Waals surface area contributed by atoms with E-state index in [9.17, 15) is 32.3 Å². The van der Waals surface area contributed by atoms with Crippen LogP contribution in [-0.2, 0) is 33.5 Å². The van der Waals surface area contributed by atoms with Crippen LogP contribution in [0.25, 0.3) is 0 Å². The van der Waals surface area contributed by atoms with Crippen molar-refractivity contribution in [2.45, 2.75) is 101 Å². The van der Waals surface area contributed by atoms with Crippen molar-refractivity contribution in [2.75, 3.05) is 6.54 Å². The van der Waals surface area contributed by atoms with Crippen LogP contribution in [0.4, 0.5) is 17.6 Å². The van der Waals surface area contributed by atoms with Crippen LogP contribution in [0.2, 0.25) is 0 Å². The molecule has 1 heterocycles.